The van der Waals surface area contributed by atoms with Crippen LogP contribution in [-0.2, 0) is 0 Å². The summed E-state index contributed by atoms with van der Waals surface area (Å²) in [5.41, 5.74) is 0.201. The maximum Gasteiger partial charge on any atom is 0.190 e. The van der Waals surface area contributed by atoms with E-state index in [9.17, 15) is 4.39 Å². The van der Waals surface area contributed by atoms with Crippen molar-refractivity contribution in [2.75, 3.05) is 23.7 Å². The van der Waals surface area contributed by atoms with Crippen LogP contribution in [0, 0.1) is 5.82 Å². The molecule has 2 atom stereocenters. The summed E-state index contributed by atoms with van der Waals surface area (Å²) in [4.78, 5) is 15.5. The van der Waals surface area contributed by atoms with Gasteiger partial charge in [-0.3, -0.25) is 0 Å². The Hall–Kier alpha value is -0.960. The molecule has 0 unspecified atom stereocenters. The van der Waals surface area contributed by atoms with Gasteiger partial charge < -0.3 is 10.2 Å². The van der Waals surface area contributed by atoms with Crippen LogP contribution in [0.3, 0.4) is 0 Å². The molecule has 9 heteroatoms. The fraction of sp³-hybridized carbons (Fsp3) is 0.500. The summed E-state index contributed by atoms with van der Waals surface area (Å²) in [6, 6.07) is 0.510. The van der Waals surface area contributed by atoms with Crippen LogP contribution in [0.1, 0.15) is 26.7 Å². The van der Waals surface area contributed by atoms with E-state index in [1.54, 1.807) is 0 Å². The minimum atomic E-state index is -0.612. The Balaban J connectivity index is 2.23. The summed E-state index contributed by atoms with van der Waals surface area (Å²) in [6.45, 7) is 9.63. The van der Waals surface area contributed by atoms with E-state index in [-0.39, 0.29) is 16.7 Å². The van der Waals surface area contributed by atoms with Crippen LogP contribution in [0.15, 0.2) is 22.4 Å². The van der Waals surface area contributed by atoms with Gasteiger partial charge in [0, 0.05) is 25.2 Å². The Morgan fingerprint density at radius 3 is 2.85 bits per heavy atom. The molecule has 1 aliphatic heterocycles. The molecule has 27 heavy (non-hydrogen) atoms. The Morgan fingerprint density at radius 1 is 1.41 bits per heavy atom. The zero-order valence-corrected chi connectivity index (χ0v) is 18.5. The van der Waals surface area contributed by atoms with Gasteiger partial charge in [-0.2, -0.15) is 0 Å². The lowest BCUT2D eigenvalue weighted by molar-refractivity contribution is 0.383. The average Bonchev–Trinajstić information content (AvgIpc) is 2.66. The highest BCUT2D eigenvalue weighted by molar-refractivity contribution is 9.10. The van der Waals surface area contributed by atoms with Crippen LogP contribution in [0.25, 0.3) is 10.9 Å². The molecule has 2 aromatic heterocycles. The summed E-state index contributed by atoms with van der Waals surface area (Å²) in [5.74, 6) is 0.874. The van der Waals surface area contributed by atoms with Gasteiger partial charge in [0.1, 0.15) is 15.9 Å². The lowest BCUT2D eigenvalue weighted by Crippen LogP contribution is -2.56. The number of pyridine rings is 1. The molecule has 0 radical (unpaired) electrons. The van der Waals surface area contributed by atoms with Gasteiger partial charge in [-0.25, -0.2) is 19.3 Å². The van der Waals surface area contributed by atoms with E-state index in [1.807, 2.05) is 13.0 Å². The van der Waals surface area contributed by atoms with Crippen LogP contribution < -0.4 is 10.2 Å². The van der Waals surface area contributed by atoms with Crippen molar-refractivity contribution in [3.8, 4) is 0 Å². The predicted octanol–water partition coefficient (Wildman–Crippen LogP) is 4.82. The van der Waals surface area contributed by atoms with Crippen molar-refractivity contribution in [2.24, 2.45) is 0 Å². The molecule has 146 valence electrons. The third kappa shape index (κ3) is 4.23. The average molecular weight is 475 g/mol. The second kappa shape index (κ2) is 9.03. The second-order valence-corrected chi connectivity index (χ2v) is 8.68. The highest BCUT2D eigenvalue weighted by atomic mass is 79.9. The number of aromatic nitrogens is 3. The van der Waals surface area contributed by atoms with Gasteiger partial charge in [-0.15, -0.1) is 6.58 Å². The first kappa shape index (κ1) is 20.8. The van der Waals surface area contributed by atoms with Crippen LogP contribution in [0.2, 0.25) is 5.15 Å². The summed E-state index contributed by atoms with van der Waals surface area (Å²) in [5, 5.41) is 4.47. The molecular weight excluding hydrogens is 453 g/mol. The van der Waals surface area contributed by atoms with Crippen molar-refractivity contribution in [3.63, 3.8) is 0 Å². The molecule has 3 rings (SSSR count). The van der Waals surface area contributed by atoms with Crippen molar-refractivity contribution >= 4 is 56.0 Å². The molecule has 5 nitrogen and oxygen atoms in total. The number of piperazine rings is 1. The summed E-state index contributed by atoms with van der Waals surface area (Å²) < 4.78 is 15.2. The summed E-state index contributed by atoms with van der Waals surface area (Å²) >= 11 is 10.9. The second-order valence-electron chi connectivity index (χ2n) is 6.34. The summed E-state index contributed by atoms with van der Waals surface area (Å²) in [7, 11) is 0. The number of rotatable bonds is 6. The minimum absolute atomic E-state index is 0.175. The van der Waals surface area contributed by atoms with Crippen LogP contribution >= 0.6 is 39.3 Å². The van der Waals surface area contributed by atoms with Crippen molar-refractivity contribution < 1.29 is 4.39 Å². The van der Waals surface area contributed by atoms with E-state index in [0.29, 0.717) is 27.0 Å². The van der Waals surface area contributed by atoms with Crippen molar-refractivity contribution in [1.29, 1.82) is 0 Å². The molecule has 1 saturated heterocycles. The fourth-order valence-electron chi connectivity index (χ4n) is 3.27. The molecule has 2 aromatic rings. The number of fused-ring (bicyclic) bond motifs is 1. The topological polar surface area (TPSA) is 53.9 Å². The zero-order valence-electron chi connectivity index (χ0n) is 15.3. The van der Waals surface area contributed by atoms with Gasteiger partial charge in [-0.05, 0) is 34.5 Å². The largest absolute Gasteiger partial charge is 0.350 e. The first-order valence-electron chi connectivity index (χ1n) is 8.96. The third-order valence-corrected chi connectivity index (χ3v) is 6.19. The first-order valence-corrected chi connectivity index (χ1v) is 11.1. The SMILES string of the molecule is C=CC[C@@H]1CN[C@H](CC)CN1c1nc(SCC)nc2c(F)c(Cl)nc(Br)c12. The molecule has 0 aromatic carbocycles. The number of hydrogen-bond acceptors (Lipinski definition) is 6. The Labute approximate surface area is 176 Å². The number of halogens is 3. The van der Waals surface area contributed by atoms with Crippen molar-refractivity contribution in [1.82, 2.24) is 20.3 Å². The Bertz CT molecular complexity index is 852. The van der Waals surface area contributed by atoms with E-state index in [0.717, 1.165) is 31.7 Å². The van der Waals surface area contributed by atoms with Crippen molar-refractivity contribution in [3.05, 3.63) is 28.2 Å². The van der Waals surface area contributed by atoms with Gasteiger partial charge in [0.05, 0.1) is 5.39 Å². The molecule has 1 N–H and O–H groups in total. The number of thioether (sulfide) groups is 1. The molecule has 1 fully saturated rings. The molecule has 0 spiro atoms. The van der Waals surface area contributed by atoms with Gasteiger partial charge in [0.15, 0.2) is 16.1 Å². The van der Waals surface area contributed by atoms with E-state index in [2.05, 4.69) is 49.6 Å². The Kier molecular flexibility index (Phi) is 6.94. The van der Waals surface area contributed by atoms with E-state index < -0.39 is 5.82 Å². The molecule has 0 amide bonds. The molecule has 1 aliphatic rings. The minimum Gasteiger partial charge on any atom is -0.350 e. The van der Waals surface area contributed by atoms with Gasteiger partial charge in [-0.1, -0.05) is 43.3 Å². The predicted molar refractivity (Wildman–Crippen MR) is 114 cm³/mol. The van der Waals surface area contributed by atoms with Crippen LogP contribution in [0.5, 0.6) is 0 Å². The van der Waals surface area contributed by atoms with E-state index >= 15 is 0 Å². The molecule has 3 heterocycles. The molecular formula is C18H22BrClFN5S. The fourth-order valence-corrected chi connectivity index (χ4v) is 4.65. The first-order chi connectivity index (χ1) is 13.0. The number of hydrogen-bond donors (Lipinski definition) is 1. The van der Waals surface area contributed by atoms with Crippen LogP contribution in [-0.4, -0.2) is 45.9 Å². The molecule has 0 bridgehead atoms. The number of nitrogens with one attached hydrogen (secondary N) is 1. The van der Waals surface area contributed by atoms with Crippen LogP contribution in [0.4, 0.5) is 10.2 Å². The molecule has 0 aliphatic carbocycles. The molecule has 0 saturated carbocycles. The standard InChI is InChI=1S/C18H22BrClFN5S/c1-4-7-11-8-22-10(5-2)9-26(11)17-12-14(23-18(25-17)27-6-3)13(21)16(20)24-15(12)19/h4,10-11,22H,1,5-9H2,2-3H3/t10-,11-/m1/s1. The quantitative estimate of drug-likeness (QED) is 0.280. The third-order valence-electron chi connectivity index (χ3n) is 4.64. The smallest absolute Gasteiger partial charge is 0.190 e. The van der Waals surface area contributed by atoms with Gasteiger partial charge in [0.25, 0.3) is 0 Å². The number of nitrogens with zero attached hydrogens (tertiary/aromatic N) is 4. The zero-order chi connectivity index (χ0) is 19.6. The highest BCUT2D eigenvalue weighted by Crippen LogP contribution is 2.37. The Morgan fingerprint density at radius 2 is 2.19 bits per heavy atom. The van der Waals surface area contributed by atoms with E-state index in [1.165, 1.54) is 11.8 Å². The normalized spacial score (nSPS) is 20.3. The summed E-state index contributed by atoms with van der Waals surface area (Å²) in [6.07, 6.45) is 3.70. The highest BCUT2D eigenvalue weighted by Gasteiger charge is 2.31. The lowest BCUT2D eigenvalue weighted by atomic mass is 10.0. The van der Waals surface area contributed by atoms with Crippen molar-refractivity contribution in [2.45, 2.75) is 43.9 Å². The van der Waals surface area contributed by atoms with Gasteiger partial charge >= 0.3 is 0 Å². The number of anilines is 1. The van der Waals surface area contributed by atoms with E-state index in [4.69, 9.17) is 16.6 Å². The lowest BCUT2D eigenvalue weighted by Gasteiger charge is -2.41. The maximum absolute atomic E-state index is 14.8. The van der Waals surface area contributed by atoms with Gasteiger partial charge in [0.2, 0.25) is 0 Å². The maximum atomic E-state index is 14.8. The monoisotopic (exact) mass is 473 g/mol.